The fraction of sp³-hybridized carbons (Fsp3) is 0.0345. The maximum atomic E-state index is 12.5. The van der Waals surface area contributed by atoms with E-state index in [4.69, 9.17) is 4.74 Å². The molecular formula is C29H23N5O2S. The minimum Gasteiger partial charge on any atom is -0.457 e. The molecule has 7 nitrogen and oxygen atoms in total. The number of nitrogens with one attached hydrogen (secondary N) is 1. The Labute approximate surface area is 218 Å². The molecule has 5 aromatic rings. The second kappa shape index (κ2) is 11.8. The highest BCUT2D eigenvalue weighted by Crippen LogP contribution is 2.27. The Balaban J connectivity index is 1.23. The van der Waals surface area contributed by atoms with Crippen LogP contribution in [0.15, 0.2) is 126 Å². The van der Waals surface area contributed by atoms with Crippen molar-refractivity contribution in [3.63, 3.8) is 0 Å². The predicted octanol–water partition coefficient (Wildman–Crippen LogP) is 5.97. The molecule has 1 aromatic heterocycles. The van der Waals surface area contributed by atoms with Crippen molar-refractivity contribution in [3.8, 4) is 28.6 Å². The van der Waals surface area contributed by atoms with Crippen LogP contribution in [0.2, 0.25) is 0 Å². The third kappa shape index (κ3) is 6.31. The molecule has 0 saturated carbocycles. The fourth-order valence-corrected chi connectivity index (χ4v) is 4.32. The summed E-state index contributed by atoms with van der Waals surface area (Å²) in [6, 6.07) is 36.7. The Morgan fingerprint density at radius 2 is 1.51 bits per heavy atom. The van der Waals surface area contributed by atoms with Crippen molar-refractivity contribution in [2.75, 3.05) is 5.75 Å². The van der Waals surface area contributed by atoms with Crippen LogP contribution in [0, 0.1) is 0 Å². The monoisotopic (exact) mass is 505 g/mol. The summed E-state index contributed by atoms with van der Waals surface area (Å²) in [5.74, 6) is 2.04. The lowest BCUT2D eigenvalue weighted by Gasteiger charge is -2.10. The summed E-state index contributed by atoms with van der Waals surface area (Å²) in [6.45, 7) is 0. The van der Waals surface area contributed by atoms with Crippen molar-refractivity contribution >= 4 is 23.9 Å². The summed E-state index contributed by atoms with van der Waals surface area (Å²) in [4.78, 5) is 12.5. The Hall–Kier alpha value is -4.69. The number of aromatic nitrogens is 3. The molecule has 0 radical (unpaired) electrons. The van der Waals surface area contributed by atoms with Crippen LogP contribution in [0.5, 0.6) is 11.5 Å². The minimum atomic E-state index is -0.248. The second-order valence-corrected chi connectivity index (χ2v) is 8.86. The van der Waals surface area contributed by atoms with Crippen LogP contribution in [-0.2, 0) is 4.79 Å². The van der Waals surface area contributed by atoms with Crippen molar-refractivity contribution in [1.29, 1.82) is 0 Å². The molecule has 1 amide bonds. The SMILES string of the molecule is O=C(CSc1nnc(-c2ccccc2)n1-c1ccccc1)N/N=C\c1cccc(Oc2ccccc2)c1. The molecule has 5 rings (SSSR count). The molecular weight excluding hydrogens is 482 g/mol. The van der Waals surface area contributed by atoms with Crippen molar-refractivity contribution in [2.45, 2.75) is 5.16 Å². The van der Waals surface area contributed by atoms with Crippen molar-refractivity contribution in [2.24, 2.45) is 5.10 Å². The second-order valence-electron chi connectivity index (χ2n) is 7.91. The van der Waals surface area contributed by atoms with Crippen LogP contribution < -0.4 is 10.2 Å². The summed E-state index contributed by atoms with van der Waals surface area (Å²) in [5, 5.41) is 13.5. The molecule has 8 heteroatoms. The zero-order chi connectivity index (χ0) is 25.3. The van der Waals surface area contributed by atoms with Crippen LogP contribution in [0.4, 0.5) is 0 Å². The molecule has 0 bridgehead atoms. The van der Waals surface area contributed by atoms with Gasteiger partial charge in [-0.2, -0.15) is 5.10 Å². The zero-order valence-electron chi connectivity index (χ0n) is 19.8. The number of thioether (sulfide) groups is 1. The summed E-state index contributed by atoms with van der Waals surface area (Å²) in [5.41, 5.74) is 5.25. The average Bonchev–Trinajstić information content (AvgIpc) is 3.38. The first-order chi connectivity index (χ1) is 18.3. The molecule has 0 saturated heterocycles. The highest BCUT2D eigenvalue weighted by Gasteiger charge is 2.17. The normalized spacial score (nSPS) is 10.9. The number of hydrogen-bond donors (Lipinski definition) is 1. The van der Waals surface area contributed by atoms with Crippen molar-refractivity contribution < 1.29 is 9.53 Å². The predicted molar refractivity (Wildman–Crippen MR) is 146 cm³/mol. The van der Waals surface area contributed by atoms with Crippen molar-refractivity contribution in [1.82, 2.24) is 20.2 Å². The molecule has 37 heavy (non-hydrogen) atoms. The minimum absolute atomic E-state index is 0.133. The van der Waals surface area contributed by atoms with E-state index < -0.39 is 0 Å². The first kappa shape index (κ1) is 24.0. The van der Waals surface area contributed by atoms with Gasteiger partial charge in [-0.3, -0.25) is 9.36 Å². The first-order valence-corrected chi connectivity index (χ1v) is 12.6. The lowest BCUT2D eigenvalue weighted by Crippen LogP contribution is -2.20. The first-order valence-electron chi connectivity index (χ1n) is 11.6. The molecule has 0 fully saturated rings. The largest absolute Gasteiger partial charge is 0.457 e. The van der Waals surface area contributed by atoms with Gasteiger partial charge in [0.15, 0.2) is 11.0 Å². The van der Waals surface area contributed by atoms with Gasteiger partial charge < -0.3 is 4.74 Å². The van der Waals surface area contributed by atoms with Gasteiger partial charge in [0.25, 0.3) is 5.91 Å². The van der Waals surface area contributed by atoms with E-state index in [1.807, 2.05) is 120 Å². The van der Waals surface area contributed by atoms with E-state index in [1.54, 1.807) is 6.21 Å². The van der Waals surface area contributed by atoms with E-state index >= 15 is 0 Å². The molecule has 4 aromatic carbocycles. The number of para-hydroxylation sites is 2. The molecule has 0 aliphatic rings. The fourth-order valence-electron chi connectivity index (χ4n) is 3.57. The molecule has 0 spiro atoms. The maximum Gasteiger partial charge on any atom is 0.250 e. The van der Waals surface area contributed by atoms with E-state index in [0.717, 1.165) is 22.6 Å². The number of benzene rings is 4. The molecule has 0 aliphatic heterocycles. The summed E-state index contributed by atoms with van der Waals surface area (Å²) >= 11 is 1.30. The third-order valence-electron chi connectivity index (χ3n) is 5.25. The van der Waals surface area contributed by atoms with Crippen LogP contribution in [0.3, 0.4) is 0 Å². The van der Waals surface area contributed by atoms with Gasteiger partial charge in [-0.25, -0.2) is 5.43 Å². The number of carbonyl (C=O) groups is 1. The zero-order valence-corrected chi connectivity index (χ0v) is 20.6. The molecule has 0 aliphatic carbocycles. The topological polar surface area (TPSA) is 81.4 Å². The van der Waals surface area contributed by atoms with E-state index in [2.05, 4.69) is 20.7 Å². The Kier molecular flexibility index (Phi) is 7.68. The van der Waals surface area contributed by atoms with E-state index in [9.17, 15) is 4.79 Å². The van der Waals surface area contributed by atoms with E-state index in [1.165, 1.54) is 11.8 Å². The molecule has 182 valence electrons. The van der Waals surface area contributed by atoms with Gasteiger partial charge in [0.05, 0.1) is 12.0 Å². The lowest BCUT2D eigenvalue weighted by atomic mass is 10.2. The molecule has 1 heterocycles. The Morgan fingerprint density at radius 1 is 0.838 bits per heavy atom. The number of amides is 1. The highest BCUT2D eigenvalue weighted by molar-refractivity contribution is 7.99. The molecule has 0 atom stereocenters. The Morgan fingerprint density at radius 3 is 2.27 bits per heavy atom. The van der Waals surface area contributed by atoms with Crippen LogP contribution in [0.25, 0.3) is 17.1 Å². The van der Waals surface area contributed by atoms with Gasteiger partial charge in [-0.1, -0.05) is 90.6 Å². The standard InChI is InChI=1S/C29H23N5O2S/c35-27(31-30-20-22-11-10-18-26(19-22)36-25-16-8-3-9-17-25)21-37-29-33-32-28(23-12-4-1-5-13-23)34(29)24-14-6-2-7-15-24/h1-20H,21H2,(H,31,35)/b30-20-. The van der Waals surface area contributed by atoms with E-state index in [0.29, 0.717) is 16.7 Å². The van der Waals surface area contributed by atoms with Gasteiger partial charge in [0.1, 0.15) is 11.5 Å². The van der Waals surface area contributed by atoms with Gasteiger partial charge in [0, 0.05) is 11.3 Å². The van der Waals surface area contributed by atoms with Crippen LogP contribution in [-0.4, -0.2) is 32.6 Å². The third-order valence-corrected chi connectivity index (χ3v) is 6.18. The van der Waals surface area contributed by atoms with Gasteiger partial charge in [-0.05, 0) is 42.0 Å². The summed E-state index contributed by atoms with van der Waals surface area (Å²) < 4.78 is 7.80. The Bertz CT molecular complexity index is 1490. The molecule has 0 unspecified atom stereocenters. The number of hydrogen-bond acceptors (Lipinski definition) is 6. The highest BCUT2D eigenvalue weighted by atomic mass is 32.2. The number of rotatable bonds is 9. The van der Waals surface area contributed by atoms with E-state index in [-0.39, 0.29) is 11.7 Å². The van der Waals surface area contributed by atoms with Gasteiger partial charge in [-0.15, -0.1) is 10.2 Å². The van der Waals surface area contributed by atoms with Gasteiger partial charge in [0.2, 0.25) is 0 Å². The van der Waals surface area contributed by atoms with Gasteiger partial charge >= 0.3 is 0 Å². The smallest absolute Gasteiger partial charge is 0.250 e. The molecule has 1 N–H and O–H groups in total. The quantitative estimate of drug-likeness (QED) is 0.152. The van der Waals surface area contributed by atoms with Crippen LogP contribution >= 0.6 is 11.8 Å². The lowest BCUT2D eigenvalue weighted by molar-refractivity contribution is -0.118. The maximum absolute atomic E-state index is 12.5. The van der Waals surface area contributed by atoms with Crippen LogP contribution in [0.1, 0.15) is 5.56 Å². The average molecular weight is 506 g/mol. The number of nitrogens with zero attached hydrogens (tertiary/aromatic N) is 4. The number of ether oxygens (including phenoxy) is 1. The number of hydrazone groups is 1. The summed E-state index contributed by atoms with van der Waals surface area (Å²) in [7, 11) is 0. The van der Waals surface area contributed by atoms with Crippen molar-refractivity contribution in [3.05, 3.63) is 121 Å². The number of carbonyl (C=O) groups excluding carboxylic acids is 1. The summed E-state index contributed by atoms with van der Waals surface area (Å²) in [6.07, 6.45) is 1.58.